The third kappa shape index (κ3) is 3.56. The molecule has 0 saturated carbocycles. The molecule has 3 aromatic rings. The molecule has 5 nitrogen and oxygen atoms in total. The van der Waals surface area contributed by atoms with E-state index in [9.17, 15) is 8.42 Å². The van der Waals surface area contributed by atoms with Crippen LogP contribution in [-0.2, 0) is 10.0 Å². The van der Waals surface area contributed by atoms with E-state index < -0.39 is 10.0 Å². The molecule has 1 aliphatic rings. The Morgan fingerprint density at radius 3 is 2.89 bits per heavy atom. The van der Waals surface area contributed by atoms with Crippen LogP contribution >= 0.6 is 11.3 Å². The third-order valence-electron chi connectivity index (χ3n) is 4.24. The second kappa shape index (κ2) is 7.09. The van der Waals surface area contributed by atoms with E-state index in [0.717, 1.165) is 21.4 Å². The molecule has 0 amide bonds. The second-order valence-corrected chi connectivity index (χ2v) is 9.12. The van der Waals surface area contributed by atoms with Gasteiger partial charge in [0.25, 0.3) is 10.0 Å². The molecular formula is C20H17N3O2S2. The Morgan fingerprint density at radius 2 is 2.00 bits per heavy atom. The number of thiophene rings is 1. The topological polar surface area (TPSA) is 71.4 Å². The number of nitrogens with one attached hydrogen (secondary N) is 1. The van der Waals surface area contributed by atoms with Gasteiger partial charge in [-0.15, -0.1) is 11.3 Å². The van der Waals surface area contributed by atoms with E-state index in [1.807, 2.05) is 55.5 Å². The first-order valence-corrected chi connectivity index (χ1v) is 10.7. The van der Waals surface area contributed by atoms with Crippen LogP contribution in [0.1, 0.15) is 10.4 Å². The summed E-state index contributed by atoms with van der Waals surface area (Å²) in [5.41, 5.74) is 2.98. The van der Waals surface area contributed by atoms with E-state index in [4.69, 9.17) is 0 Å². The Kier molecular flexibility index (Phi) is 4.63. The lowest BCUT2D eigenvalue weighted by Crippen LogP contribution is -2.13. The van der Waals surface area contributed by atoms with Crippen LogP contribution in [0.2, 0.25) is 0 Å². The quantitative estimate of drug-likeness (QED) is 0.710. The van der Waals surface area contributed by atoms with Crippen LogP contribution < -0.4 is 4.72 Å². The fourth-order valence-electron chi connectivity index (χ4n) is 2.84. The monoisotopic (exact) mass is 395 g/mol. The maximum atomic E-state index is 13.0. The molecule has 1 N–H and O–H groups in total. The number of rotatable bonds is 4. The zero-order chi connectivity index (χ0) is 18.9. The van der Waals surface area contributed by atoms with Gasteiger partial charge >= 0.3 is 0 Å². The predicted octanol–water partition coefficient (Wildman–Crippen LogP) is 4.43. The van der Waals surface area contributed by atoms with Crippen molar-refractivity contribution in [3.63, 3.8) is 0 Å². The molecule has 0 atom stereocenters. The molecule has 0 saturated heterocycles. The number of fused-ring (bicyclic) bond motifs is 1. The Balaban J connectivity index is 1.70. The van der Waals surface area contributed by atoms with Crippen molar-refractivity contribution in [3.8, 4) is 0 Å². The van der Waals surface area contributed by atoms with Gasteiger partial charge in [-0.3, -0.25) is 14.7 Å². The molecule has 1 aliphatic heterocycles. The lowest BCUT2D eigenvalue weighted by atomic mass is 10.1. The number of aliphatic imine (C=N–C) groups is 1. The number of aromatic nitrogens is 1. The van der Waals surface area contributed by atoms with E-state index in [0.29, 0.717) is 17.7 Å². The molecule has 0 aliphatic carbocycles. The largest absolute Gasteiger partial charge is 0.288 e. The summed E-state index contributed by atoms with van der Waals surface area (Å²) >= 11 is 1.24. The number of aryl methyl sites for hydroxylation is 1. The van der Waals surface area contributed by atoms with E-state index in [1.165, 1.54) is 11.3 Å². The van der Waals surface area contributed by atoms with Gasteiger partial charge in [0.05, 0.1) is 17.7 Å². The third-order valence-corrected chi connectivity index (χ3v) is 7.25. The smallest absolute Gasteiger partial charge is 0.271 e. The highest BCUT2D eigenvalue weighted by molar-refractivity contribution is 7.94. The van der Waals surface area contributed by atoms with Gasteiger partial charge in [-0.2, -0.15) is 0 Å². The molecule has 4 rings (SSSR count). The van der Waals surface area contributed by atoms with Gasteiger partial charge in [0, 0.05) is 22.7 Å². The van der Waals surface area contributed by atoms with Gasteiger partial charge in [-0.1, -0.05) is 30.4 Å². The summed E-state index contributed by atoms with van der Waals surface area (Å²) in [6, 6.07) is 11.0. The highest BCUT2D eigenvalue weighted by Crippen LogP contribution is 2.32. The van der Waals surface area contributed by atoms with Crippen molar-refractivity contribution in [2.75, 3.05) is 11.3 Å². The molecular weight excluding hydrogens is 378 g/mol. The number of hydrogen-bond donors (Lipinski definition) is 1. The molecule has 0 fully saturated rings. The first-order chi connectivity index (χ1) is 13.0. The Morgan fingerprint density at radius 1 is 1.11 bits per heavy atom. The maximum Gasteiger partial charge on any atom is 0.271 e. The van der Waals surface area contributed by atoms with Crippen molar-refractivity contribution in [2.24, 2.45) is 4.99 Å². The fraction of sp³-hybridized carbons (Fsp3) is 0.100. The first-order valence-electron chi connectivity index (χ1n) is 8.37. The normalized spacial score (nSPS) is 14.2. The van der Waals surface area contributed by atoms with Gasteiger partial charge in [0.1, 0.15) is 4.21 Å². The Hall–Kier alpha value is -2.77. The summed E-state index contributed by atoms with van der Waals surface area (Å²) in [4.78, 5) is 9.51. The number of allylic oxidation sites excluding steroid dienone is 3. The number of hydrogen-bond acceptors (Lipinski definition) is 5. The predicted molar refractivity (Wildman–Crippen MR) is 112 cm³/mol. The fourth-order valence-corrected chi connectivity index (χ4v) is 5.30. The van der Waals surface area contributed by atoms with Crippen molar-refractivity contribution in [1.29, 1.82) is 0 Å². The summed E-state index contributed by atoms with van der Waals surface area (Å²) in [6.07, 6.45) is 9.13. The summed E-state index contributed by atoms with van der Waals surface area (Å²) in [5.74, 6) is 0. The summed E-state index contributed by atoms with van der Waals surface area (Å²) in [5, 5.41) is 0.890. The van der Waals surface area contributed by atoms with Crippen molar-refractivity contribution >= 4 is 49.7 Å². The average molecular weight is 396 g/mol. The number of sulfonamides is 1. The van der Waals surface area contributed by atoms with Gasteiger partial charge in [0.2, 0.25) is 0 Å². The van der Waals surface area contributed by atoms with Crippen molar-refractivity contribution in [3.05, 3.63) is 71.3 Å². The van der Waals surface area contributed by atoms with E-state index in [1.54, 1.807) is 18.5 Å². The molecule has 3 heterocycles. The van der Waals surface area contributed by atoms with Gasteiger partial charge in [-0.05, 0) is 42.3 Å². The van der Waals surface area contributed by atoms with Crippen LogP contribution in [0.3, 0.4) is 0 Å². The van der Waals surface area contributed by atoms with Crippen LogP contribution in [0.25, 0.3) is 16.5 Å². The van der Waals surface area contributed by atoms with Gasteiger partial charge in [0.15, 0.2) is 0 Å². The molecule has 136 valence electrons. The minimum absolute atomic E-state index is 0.267. The number of benzene rings is 1. The van der Waals surface area contributed by atoms with Crippen molar-refractivity contribution < 1.29 is 8.42 Å². The summed E-state index contributed by atoms with van der Waals surface area (Å²) in [7, 11) is -3.71. The Labute approximate surface area is 161 Å². The zero-order valence-corrected chi connectivity index (χ0v) is 16.2. The highest BCUT2D eigenvalue weighted by Gasteiger charge is 2.20. The molecule has 2 aromatic heterocycles. The van der Waals surface area contributed by atoms with Gasteiger partial charge < -0.3 is 0 Å². The van der Waals surface area contributed by atoms with Crippen LogP contribution in [-0.4, -0.2) is 26.2 Å². The molecule has 0 bridgehead atoms. The maximum absolute atomic E-state index is 13.0. The standard InChI is InChI=1S/C20H17N3O2S2/c1-14-7-8-15-6-4-12-22-20(15)19(14)23-27(24,25)18-10-9-17(26-18)16-5-2-3-11-21-13-16/h2-12,23H,13H2,1H3. The lowest BCUT2D eigenvalue weighted by molar-refractivity contribution is 0.603. The molecule has 27 heavy (non-hydrogen) atoms. The average Bonchev–Trinajstić information content (AvgIpc) is 3.02. The first kappa shape index (κ1) is 17.6. The highest BCUT2D eigenvalue weighted by atomic mass is 32.2. The molecule has 1 aromatic carbocycles. The van der Waals surface area contributed by atoms with Crippen molar-refractivity contribution in [1.82, 2.24) is 4.98 Å². The summed E-state index contributed by atoms with van der Waals surface area (Å²) in [6.45, 7) is 2.40. The SMILES string of the molecule is Cc1ccc2cccnc2c1NS(=O)(=O)c1ccc(C2=CC=CC=NC2)s1. The molecule has 0 radical (unpaired) electrons. The van der Waals surface area contributed by atoms with E-state index in [-0.39, 0.29) is 4.21 Å². The summed E-state index contributed by atoms with van der Waals surface area (Å²) < 4.78 is 28.9. The van der Waals surface area contributed by atoms with E-state index >= 15 is 0 Å². The minimum atomic E-state index is -3.71. The molecule has 0 spiro atoms. The number of pyridine rings is 1. The van der Waals surface area contributed by atoms with Crippen LogP contribution in [0.4, 0.5) is 5.69 Å². The number of anilines is 1. The molecule has 0 unspecified atom stereocenters. The lowest BCUT2D eigenvalue weighted by Gasteiger charge is -2.12. The van der Waals surface area contributed by atoms with Crippen LogP contribution in [0.5, 0.6) is 0 Å². The van der Waals surface area contributed by atoms with Crippen LogP contribution in [0.15, 0.2) is 70.0 Å². The zero-order valence-electron chi connectivity index (χ0n) is 14.6. The second-order valence-electron chi connectivity index (χ2n) is 6.12. The number of nitrogens with zero attached hydrogens (tertiary/aromatic N) is 2. The molecule has 7 heteroatoms. The minimum Gasteiger partial charge on any atom is -0.288 e. The van der Waals surface area contributed by atoms with E-state index in [2.05, 4.69) is 14.7 Å². The van der Waals surface area contributed by atoms with Crippen molar-refractivity contribution in [2.45, 2.75) is 11.1 Å². The van der Waals surface area contributed by atoms with Gasteiger partial charge in [-0.25, -0.2) is 8.42 Å². The Bertz CT molecular complexity index is 1200. The van der Waals surface area contributed by atoms with Crippen LogP contribution in [0, 0.1) is 6.92 Å².